The number of anilines is 3. The van der Waals surface area contributed by atoms with Crippen LogP contribution in [0.4, 0.5) is 16.5 Å². The predicted octanol–water partition coefficient (Wildman–Crippen LogP) is 6.51. The average Bonchev–Trinajstić information content (AvgIpc) is 3.56. The van der Waals surface area contributed by atoms with Gasteiger partial charge in [-0.3, -0.25) is 4.40 Å². The fraction of sp³-hybridized carbons (Fsp3) is 0.194. The minimum Gasteiger partial charge on any atom is -0.462 e. The molecule has 2 aromatic carbocycles. The Morgan fingerprint density at radius 3 is 2.02 bits per heavy atom. The van der Waals surface area contributed by atoms with E-state index in [1.54, 1.807) is 50.2 Å². The predicted molar refractivity (Wildman–Crippen MR) is 174 cm³/mol. The zero-order chi connectivity index (χ0) is 30.9. The molecule has 0 fully saturated rings. The zero-order valence-corrected chi connectivity index (χ0v) is 25.8. The maximum atomic E-state index is 11.8. The highest BCUT2D eigenvalue weighted by Gasteiger charge is 2.15. The highest BCUT2D eigenvalue weighted by molar-refractivity contribution is 7.80. The molecule has 0 spiro atoms. The lowest BCUT2D eigenvalue weighted by Gasteiger charge is -2.05. The first-order valence-electron chi connectivity index (χ1n) is 13.5. The van der Waals surface area contributed by atoms with Crippen LogP contribution in [0.15, 0.2) is 72.2 Å². The number of fused-ring (bicyclic) bond motifs is 1. The van der Waals surface area contributed by atoms with Crippen molar-refractivity contribution >= 4 is 62.8 Å². The van der Waals surface area contributed by atoms with Gasteiger partial charge in [0.1, 0.15) is 11.3 Å². The second kappa shape index (κ2) is 14.4. The van der Waals surface area contributed by atoms with Crippen LogP contribution in [0.2, 0.25) is 0 Å². The molecule has 222 valence electrons. The minimum atomic E-state index is -0.334. The van der Waals surface area contributed by atoms with Crippen molar-refractivity contribution < 1.29 is 19.1 Å². The lowest BCUT2D eigenvalue weighted by molar-refractivity contribution is 0.0517. The number of carbonyl (C=O) groups is 2. The number of rotatable bonds is 8. The Morgan fingerprint density at radius 1 is 0.884 bits per heavy atom. The van der Waals surface area contributed by atoms with E-state index in [1.807, 2.05) is 30.5 Å². The van der Waals surface area contributed by atoms with Crippen LogP contribution in [-0.4, -0.2) is 44.6 Å². The molecule has 5 rings (SSSR count). The first-order chi connectivity index (χ1) is 20.7. The van der Waals surface area contributed by atoms with Gasteiger partial charge in [0.2, 0.25) is 0 Å². The van der Waals surface area contributed by atoms with Crippen LogP contribution >= 0.6 is 23.6 Å². The highest BCUT2D eigenvalue weighted by Crippen LogP contribution is 2.30. The Balaban J connectivity index is 0.000000239. The molecule has 12 heteroatoms. The molecule has 0 radical (unpaired) electrons. The van der Waals surface area contributed by atoms with Crippen LogP contribution in [0.1, 0.15) is 45.8 Å². The number of hydrogen-bond donors (Lipinski definition) is 3. The molecule has 5 aromatic rings. The lowest BCUT2D eigenvalue weighted by Crippen LogP contribution is -2.18. The summed E-state index contributed by atoms with van der Waals surface area (Å²) in [6.45, 7) is 8.35. The second-order valence-corrected chi connectivity index (χ2v) is 10.5. The standard InChI is InChI=1S/C21H20N4O2S.C10H12N2O2S/c1-4-27-20(26)15-6-8-16(9-7-15)23-21-24-17(12-28-21)19-14(3)22-18-10-5-13(2)11-25(18)19;1-2-14-9(13)7-3-5-8(6-4-7)12-10(11)15/h5-12H,4H2,1-3H3,(H,23,24);3-6H,2H2,1H3,(H3,11,12,15). The molecule has 43 heavy (non-hydrogen) atoms. The molecule has 0 bridgehead atoms. The number of ether oxygens (including phenoxy) is 2. The summed E-state index contributed by atoms with van der Waals surface area (Å²) in [5.41, 5.74) is 12.8. The quantitative estimate of drug-likeness (QED) is 0.131. The first kappa shape index (κ1) is 31.1. The monoisotopic (exact) mass is 616 g/mol. The number of thiazole rings is 1. The van der Waals surface area contributed by atoms with E-state index in [0.29, 0.717) is 24.3 Å². The van der Waals surface area contributed by atoms with E-state index >= 15 is 0 Å². The fourth-order valence-corrected chi connectivity index (χ4v) is 4.92. The summed E-state index contributed by atoms with van der Waals surface area (Å²) in [5, 5.41) is 9.04. The fourth-order valence-electron chi connectivity index (χ4n) is 4.09. The van der Waals surface area contributed by atoms with Gasteiger partial charge in [0, 0.05) is 23.0 Å². The van der Waals surface area contributed by atoms with Gasteiger partial charge < -0.3 is 25.8 Å². The van der Waals surface area contributed by atoms with Crippen LogP contribution in [0.25, 0.3) is 17.0 Å². The molecular formula is C31H32N6O4S2. The summed E-state index contributed by atoms with van der Waals surface area (Å²) in [6, 6.07) is 18.0. The van der Waals surface area contributed by atoms with Gasteiger partial charge in [-0.05, 0) is 100 Å². The van der Waals surface area contributed by atoms with Crippen molar-refractivity contribution in [2.75, 3.05) is 23.8 Å². The maximum absolute atomic E-state index is 11.8. The Hall–Kier alpha value is -4.81. The van der Waals surface area contributed by atoms with Crippen molar-refractivity contribution in [1.82, 2.24) is 14.4 Å². The molecule has 3 aromatic heterocycles. The summed E-state index contributed by atoms with van der Waals surface area (Å²) < 4.78 is 11.9. The SMILES string of the molecule is CCOC(=O)c1ccc(NC(N)=S)cc1.CCOC(=O)c1ccc(Nc2nc(-c3c(C)nc4ccc(C)cn34)cs2)cc1. The van der Waals surface area contributed by atoms with Crippen LogP contribution in [-0.2, 0) is 9.47 Å². The number of nitrogens with zero attached hydrogens (tertiary/aromatic N) is 3. The van der Waals surface area contributed by atoms with Gasteiger partial charge in [-0.2, -0.15) is 0 Å². The average molecular weight is 617 g/mol. The van der Waals surface area contributed by atoms with Gasteiger partial charge in [0.15, 0.2) is 10.2 Å². The molecule has 0 amide bonds. The molecule has 0 aliphatic carbocycles. The number of esters is 2. The van der Waals surface area contributed by atoms with Gasteiger partial charge >= 0.3 is 11.9 Å². The first-order valence-corrected chi connectivity index (χ1v) is 14.8. The number of pyridine rings is 1. The lowest BCUT2D eigenvalue weighted by atomic mass is 10.2. The van der Waals surface area contributed by atoms with E-state index in [9.17, 15) is 9.59 Å². The number of nitrogens with one attached hydrogen (secondary N) is 2. The molecule has 0 saturated carbocycles. The van der Waals surface area contributed by atoms with Gasteiger partial charge in [0.25, 0.3) is 0 Å². The van der Waals surface area contributed by atoms with Gasteiger partial charge in [-0.15, -0.1) is 11.3 Å². The summed E-state index contributed by atoms with van der Waals surface area (Å²) in [5.74, 6) is -0.650. The van der Waals surface area contributed by atoms with E-state index in [-0.39, 0.29) is 17.1 Å². The molecular weight excluding hydrogens is 585 g/mol. The Morgan fingerprint density at radius 2 is 1.47 bits per heavy atom. The molecule has 0 aliphatic rings. The van der Waals surface area contributed by atoms with Crippen molar-refractivity contribution in [3.05, 3.63) is 94.6 Å². The van der Waals surface area contributed by atoms with Gasteiger partial charge in [-0.1, -0.05) is 6.07 Å². The van der Waals surface area contributed by atoms with E-state index in [2.05, 4.69) is 51.4 Å². The number of aryl methyl sites for hydroxylation is 2. The number of imidazole rings is 1. The molecule has 0 aliphatic heterocycles. The number of aromatic nitrogens is 3. The largest absolute Gasteiger partial charge is 0.462 e. The smallest absolute Gasteiger partial charge is 0.338 e. The van der Waals surface area contributed by atoms with Crippen molar-refractivity contribution in [3.8, 4) is 11.4 Å². The van der Waals surface area contributed by atoms with Crippen molar-refractivity contribution in [3.63, 3.8) is 0 Å². The molecule has 0 saturated heterocycles. The number of hydrogen-bond acceptors (Lipinski definition) is 9. The van der Waals surface area contributed by atoms with Gasteiger partial charge in [0.05, 0.1) is 35.7 Å². The summed E-state index contributed by atoms with van der Waals surface area (Å²) in [6.07, 6.45) is 2.07. The van der Waals surface area contributed by atoms with Crippen LogP contribution in [0.3, 0.4) is 0 Å². The second-order valence-electron chi connectivity index (χ2n) is 9.23. The third-order valence-corrected chi connectivity index (χ3v) is 6.86. The topological polar surface area (TPSA) is 133 Å². The summed E-state index contributed by atoms with van der Waals surface area (Å²) in [4.78, 5) is 32.4. The van der Waals surface area contributed by atoms with Gasteiger partial charge in [-0.25, -0.2) is 19.6 Å². The third-order valence-electron chi connectivity index (χ3n) is 6.00. The number of benzene rings is 2. The van der Waals surface area contributed by atoms with E-state index in [1.165, 1.54) is 16.9 Å². The number of carbonyl (C=O) groups excluding carboxylic acids is 2. The molecule has 4 N–H and O–H groups in total. The molecule has 10 nitrogen and oxygen atoms in total. The minimum absolute atomic E-state index is 0.193. The van der Waals surface area contributed by atoms with E-state index in [4.69, 9.17) is 20.2 Å². The van der Waals surface area contributed by atoms with E-state index in [0.717, 1.165) is 39.2 Å². The van der Waals surface area contributed by atoms with Crippen molar-refractivity contribution in [2.24, 2.45) is 5.73 Å². The number of thiocarbonyl (C=S) groups is 1. The maximum Gasteiger partial charge on any atom is 0.338 e. The van der Waals surface area contributed by atoms with Crippen LogP contribution < -0.4 is 16.4 Å². The summed E-state index contributed by atoms with van der Waals surface area (Å²) in [7, 11) is 0. The molecule has 3 heterocycles. The number of nitrogens with two attached hydrogens (primary N) is 1. The highest BCUT2D eigenvalue weighted by atomic mass is 32.1. The molecule has 0 unspecified atom stereocenters. The summed E-state index contributed by atoms with van der Waals surface area (Å²) >= 11 is 6.21. The Bertz CT molecular complexity index is 1730. The normalized spacial score (nSPS) is 10.4. The Kier molecular flexibility index (Phi) is 10.4. The van der Waals surface area contributed by atoms with Crippen molar-refractivity contribution in [1.29, 1.82) is 0 Å². The van der Waals surface area contributed by atoms with E-state index < -0.39 is 0 Å². The van der Waals surface area contributed by atoms with Crippen LogP contribution in [0.5, 0.6) is 0 Å². The molecule has 0 atom stereocenters. The third kappa shape index (κ3) is 8.15. The van der Waals surface area contributed by atoms with Crippen LogP contribution in [0, 0.1) is 13.8 Å². The zero-order valence-electron chi connectivity index (χ0n) is 24.2. The van der Waals surface area contributed by atoms with Crippen molar-refractivity contribution in [2.45, 2.75) is 27.7 Å². The Labute approximate surface area is 258 Å².